The highest BCUT2D eigenvalue weighted by molar-refractivity contribution is 5.88. The number of hydrogen-bond donors (Lipinski definition) is 3. The molecular weight excluding hydrogens is 336 g/mol. The summed E-state index contributed by atoms with van der Waals surface area (Å²) in [5, 5.41) is 33.3. The quantitative estimate of drug-likeness (QED) is 0.340. The lowest BCUT2D eigenvalue weighted by Crippen LogP contribution is -2.59. The first-order valence-electron chi connectivity index (χ1n) is 9.38. The fraction of sp³-hybridized carbons (Fsp3) is 0.750. The second kappa shape index (κ2) is 5.41. The number of carbonyl (C=O) groups is 1. The van der Waals surface area contributed by atoms with Gasteiger partial charge in [-0.15, -0.1) is 0 Å². The molecule has 2 aliphatic heterocycles. The third kappa shape index (κ3) is 1.99. The molecule has 4 rings (SSSR count). The molecule has 8 unspecified atom stereocenters. The van der Waals surface area contributed by atoms with E-state index >= 15 is 0 Å². The number of ether oxygens (including phenoxy) is 2. The number of fused-ring (bicyclic) bond motifs is 1. The molecule has 0 saturated carbocycles. The zero-order chi connectivity index (χ0) is 19.1. The zero-order valence-electron chi connectivity index (χ0n) is 15.7. The first kappa shape index (κ1) is 18.2. The van der Waals surface area contributed by atoms with Gasteiger partial charge in [0.1, 0.15) is 0 Å². The van der Waals surface area contributed by atoms with Crippen molar-refractivity contribution >= 4 is 5.97 Å². The third-order valence-electron chi connectivity index (χ3n) is 7.39. The van der Waals surface area contributed by atoms with E-state index in [-0.39, 0.29) is 0 Å². The van der Waals surface area contributed by atoms with E-state index in [2.05, 4.69) is 0 Å². The number of allylic oxidation sites excluding steroid dienone is 1. The predicted octanol–water partition coefficient (Wildman–Crippen LogP) is 1.23. The number of carbonyl (C=O) groups excluding carboxylic acids is 1. The van der Waals surface area contributed by atoms with Crippen molar-refractivity contribution in [2.24, 2.45) is 11.3 Å². The minimum Gasteiger partial charge on any atom is -0.453 e. The molecule has 0 radical (unpaired) electrons. The van der Waals surface area contributed by atoms with Gasteiger partial charge in [-0.3, -0.25) is 0 Å². The van der Waals surface area contributed by atoms with Gasteiger partial charge in [0, 0.05) is 11.3 Å². The van der Waals surface area contributed by atoms with E-state index in [1.165, 1.54) is 0 Å². The molecule has 2 aliphatic carbocycles. The average Bonchev–Trinajstić information content (AvgIpc) is 3.17. The molecule has 2 heterocycles. The van der Waals surface area contributed by atoms with Crippen LogP contribution in [0.2, 0.25) is 0 Å². The Bertz CT molecular complexity index is 713. The van der Waals surface area contributed by atoms with Crippen LogP contribution in [0.5, 0.6) is 0 Å². The Kier molecular flexibility index (Phi) is 3.78. The van der Waals surface area contributed by atoms with Crippen molar-refractivity contribution < 1.29 is 29.6 Å². The van der Waals surface area contributed by atoms with Crippen LogP contribution in [0.25, 0.3) is 0 Å². The largest absolute Gasteiger partial charge is 0.453 e. The Hall–Kier alpha value is -1.21. The number of aliphatic hydroxyl groups excluding tert-OH is 3. The van der Waals surface area contributed by atoms with Crippen LogP contribution in [-0.4, -0.2) is 56.9 Å². The van der Waals surface area contributed by atoms with Gasteiger partial charge in [-0.2, -0.15) is 0 Å². The first-order chi connectivity index (χ1) is 12.1. The van der Waals surface area contributed by atoms with E-state index in [0.717, 1.165) is 11.1 Å². The molecule has 144 valence electrons. The lowest BCUT2D eigenvalue weighted by molar-refractivity contribution is -0.159. The van der Waals surface area contributed by atoms with E-state index in [9.17, 15) is 20.1 Å². The lowest BCUT2D eigenvalue weighted by Gasteiger charge is -2.50. The molecule has 2 fully saturated rings. The third-order valence-corrected chi connectivity index (χ3v) is 7.39. The van der Waals surface area contributed by atoms with Gasteiger partial charge in [-0.1, -0.05) is 24.1 Å². The minimum absolute atomic E-state index is 0.432. The second-order valence-corrected chi connectivity index (χ2v) is 8.81. The van der Waals surface area contributed by atoms with Gasteiger partial charge < -0.3 is 24.8 Å². The summed E-state index contributed by atoms with van der Waals surface area (Å²) >= 11 is 0. The van der Waals surface area contributed by atoms with Gasteiger partial charge in [-0.25, -0.2) is 4.79 Å². The average molecular weight is 364 g/mol. The van der Waals surface area contributed by atoms with Crippen molar-refractivity contribution in [3.8, 4) is 0 Å². The summed E-state index contributed by atoms with van der Waals surface area (Å²) in [7, 11) is 0. The van der Waals surface area contributed by atoms with Crippen LogP contribution in [0.1, 0.15) is 47.0 Å². The molecule has 2 saturated heterocycles. The Labute approximate surface area is 153 Å². The van der Waals surface area contributed by atoms with Gasteiger partial charge in [0.25, 0.3) is 0 Å². The van der Waals surface area contributed by atoms with Gasteiger partial charge in [-0.05, 0) is 46.1 Å². The summed E-state index contributed by atoms with van der Waals surface area (Å²) in [5.74, 6) is -1.00. The molecule has 1 spiro atoms. The van der Waals surface area contributed by atoms with E-state index in [0.29, 0.717) is 19.3 Å². The van der Waals surface area contributed by atoms with Crippen molar-refractivity contribution in [1.82, 2.24) is 0 Å². The molecule has 26 heavy (non-hydrogen) atoms. The summed E-state index contributed by atoms with van der Waals surface area (Å²) in [6.45, 7) is 7.30. The highest BCUT2D eigenvalue weighted by atomic mass is 16.7. The number of epoxide rings is 1. The lowest BCUT2D eigenvalue weighted by atomic mass is 9.57. The standard InChI is InChI=1S/C20H28O6/c1-10-5-7-12(21)18(3)13(22)8-6-11(2)15(18)16(23)20-14(9-10)25-17(24)19(20,4)26-20/h6,9,12-16,21-23H,5,7-8H2,1-4H3. The predicted molar refractivity (Wildman–Crippen MR) is 93.1 cm³/mol. The molecule has 0 amide bonds. The van der Waals surface area contributed by atoms with Gasteiger partial charge in [0.05, 0.1) is 18.3 Å². The molecule has 0 aromatic rings. The van der Waals surface area contributed by atoms with Crippen molar-refractivity contribution in [2.45, 2.75) is 82.6 Å². The van der Waals surface area contributed by atoms with E-state index in [4.69, 9.17) is 9.47 Å². The van der Waals surface area contributed by atoms with Crippen LogP contribution >= 0.6 is 0 Å². The Morgan fingerprint density at radius 2 is 1.85 bits per heavy atom. The highest BCUT2D eigenvalue weighted by Gasteiger charge is 2.85. The maximum absolute atomic E-state index is 12.4. The topological polar surface area (TPSA) is 99.5 Å². The van der Waals surface area contributed by atoms with Crippen molar-refractivity contribution in [3.05, 3.63) is 23.3 Å². The zero-order valence-corrected chi connectivity index (χ0v) is 15.7. The van der Waals surface area contributed by atoms with Crippen LogP contribution in [0.15, 0.2) is 23.3 Å². The summed E-state index contributed by atoms with van der Waals surface area (Å²) in [6, 6.07) is 0. The van der Waals surface area contributed by atoms with E-state index < -0.39 is 52.9 Å². The molecule has 0 aromatic heterocycles. The Balaban J connectivity index is 1.89. The van der Waals surface area contributed by atoms with Crippen LogP contribution < -0.4 is 0 Å². The van der Waals surface area contributed by atoms with E-state index in [1.54, 1.807) is 6.92 Å². The highest BCUT2D eigenvalue weighted by Crippen LogP contribution is 2.63. The molecule has 6 nitrogen and oxygen atoms in total. The van der Waals surface area contributed by atoms with E-state index in [1.807, 2.05) is 32.9 Å². The maximum atomic E-state index is 12.4. The fourth-order valence-electron chi connectivity index (χ4n) is 5.49. The number of esters is 1. The molecule has 3 N–H and O–H groups in total. The summed E-state index contributed by atoms with van der Waals surface area (Å²) in [6.07, 6.45) is 1.94. The van der Waals surface area contributed by atoms with Crippen LogP contribution in [0, 0.1) is 11.3 Å². The monoisotopic (exact) mass is 364 g/mol. The summed E-state index contributed by atoms with van der Waals surface area (Å²) in [5.41, 5.74) is -1.45. The number of hydrogen-bond acceptors (Lipinski definition) is 6. The van der Waals surface area contributed by atoms with Crippen molar-refractivity contribution in [3.63, 3.8) is 0 Å². The molecule has 8 atom stereocenters. The van der Waals surface area contributed by atoms with Crippen LogP contribution in [0.4, 0.5) is 0 Å². The number of aliphatic hydroxyl groups is 3. The Morgan fingerprint density at radius 3 is 2.50 bits per heavy atom. The van der Waals surface area contributed by atoms with Crippen molar-refractivity contribution in [1.29, 1.82) is 0 Å². The fourth-order valence-corrected chi connectivity index (χ4v) is 5.49. The minimum atomic E-state index is -1.19. The second-order valence-electron chi connectivity index (χ2n) is 8.81. The number of rotatable bonds is 0. The summed E-state index contributed by atoms with van der Waals surface area (Å²) in [4.78, 5) is 12.4. The molecule has 0 bridgehead atoms. The molecule has 0 aromatic carbocycles. The SMILES string of the molecule is CC1=CC2OC(=O)C3(C)OC23C(O)C2C(C)=CCC(O)C2(C)C(O)CC1. The molecular formula is C20H28O6. The van der Waals surface area contributed by atoms with Gasteiger partial charge >= 0.3 is 5.97 Å². The van der Waals surface area contributed by atoms with Crippen molar-refractivity contribution in [2.75, 3.05) is 0 Å². The normalized spacial score (nSPS) is 53.5. The smallest absolute Gasteiger partial charge is 0.342 e. The van der Waals surface area contributed by atoms with Gasteiger partial charge in [0.15, 0.2) is 17.3 Å². The Morgan fingerprint density at radius 1 is 1.15 bits per heavy atom. The van der Waals surface area contributed by atoms with Crippen LogP contribution in [-0.2, 0) is 14.3 Å². The van der Waals surface area contributed by atoms with Gasteiger partial charge in [0.2, 0.25) is 0 Å². The summed E-state index contributed by atoms with van der Waals surface area (Å²) < 4.78 is 11.4. The molecule has 6 heteroatoms. The maximum Gasteiger partial charge on any atom is 0.342 e. The molecule has 4 aliphatic rings. The van der Waals surface area contributed by atoms with Crippen LogP contribution in [0.3, 0.4) is 0 Å². The first-order valence-corrected chi connectivity index (χ1v) is 9.38.